The van der Waals surface area contributed by atoms with Crippen LogP contribution in [0.4, 0.5) is 8.78 Å². The predicted octanol–water partition coefficient (Wildman–Crippen LogP) is 1.54. The van der Waals surface area contributed by atoms with Crippen LogP contribution in [0.5, 0.6) is 0 Å². The summed E-state index contributed by atoms with van der Waals surface area (Å²) in [5.41, 5.74) is 0.0353. The summed E-state index contributed by atoms with van der Waals surface area (Å²) in [7, 11) is 0. The Morgan fingerprint density at radius 1 is 1.50 bits per heavy atom. The van der Waals surface area contributed by atoms with E-state index >= 15 is 0 Å². The summed E-state index contributed by atoms with van der Waals surface area (Å²) < 4.78 is 26.2. The summed E-state index contributed by atoms with van der Waals surface area (Å²) in [5, 5.41) is 12.1. The van der Waals surface area contributed by atoms with Crippen LogP contribution in [-0.4, -0.2) is 22.9 Å². The van der Waals surface area contributed by atoms with E-state index in [9.17, 15) is 13.6 Å². The fraction of sp³-hybridized carbons (Fsp3) is 0.200. The van der Waals surface area contributed by atoms with Crippen LogP contribution < -0.4 is 0 Å². The molecule has 0 aromatic heterocycles. The fourth-order valence-corrected chi connectivity index (χ4v) is 1.39. The number of carboxylic acid groups (broad SMARTS) is 1. The summed E-state index contributed by atoms with van der Waals surface area (Å²) in [5.74, 6) is -2.46. The zero-order valence-electron chi connectivity index (χ0n) is 7.98. The molecule has 0 fully saturated rings. The van der Waals surface area contributed by atoms with Gasteiger partial charge in [-0.05, 0) is 18.2 Å². The summed E-state index contributed by atoms with van der Waals surface area (Å²) in [6.07, 6.45) is -1.20. The van der Waals surface area contributed by atoms with Crippen molar-refractivity contribution < 1.29 is 23.5 Å². The normalized spacial score (nSPS) is 19.1. The van der Waals surface area contributed by atoms with E-state index in [1.54, 1.807) is 0 Å². The number of hydrogen-bond acceptors (Lipinski definition) is 3. The molecule has 4 nitrogen and oxygen atoms in total. The van der Waals surface area contributed by atoms with Gasteiger partial charge in [0.2, 0.25) is 6.10 Å². The summed E-state index contributed by atoms with van der Waals surface area (Å²) >= 11 is 0. The van der Waals surface area contributed by atoms with Gasteiger partial charge in [0.05, 0.1) is 5.71 Å². The molecule has 1 aliphatic rings. The molecule has 1 atom stereocenters. The number of hydrogen-bond donors (Lipinski definition) is 1. The fourth-order valence-electron chi connectivity index (χ4n) is 1.39. The lowest BCUT2D eigenvalue weighted by Gasteiger charge is -2.01. The standard InChI is InChI=1S/C10H7F2NO3/c11-5-1-2-7(12)6(3-5)8-4-9(10(14)15)16-13-8/h1-3,9H,4H2,(H,14,15). The minimum absolute atomic E-state index is 0.0660. The van der Waals surface area contributed by atoms with Crippen LogP contribution in [0.15, 0.2) is 23.4 Å². The van der Waals surface area contributed by atoms with E-state index in [1.165, 1.54) is 0 Å². The number of carbonyl (C=O) groups is 1. The highest BCUT2D eigenvalue weighted by Crippen LogP contribution is 2.19. The second-order valence-corrected chi connectivity index (χ2v) is 3.30. The molecule has 6 heteroatoms. The van der Waals surface area contributed by atoms with Crippen molar-refractivity contribution in [3.05, 3.63) is 35.4 Å². The maximum Gasteiger partial charge on any atom is 0.348 e. The van der Waals surface area contributed by atoms with Gasteiger partial charge >= 0.3 is 5.97 Å². The van der Waals surface area contributed by atoms with Gasteiger partial charge in [-0.15, -0.1) is 0 Å². The third-order valence-corrected chi connectivity index (χ3v) is 2.18. The molecule has 84 valence electrons. The Hall–Kier alpha value is -1.98. The zero-order chi connectivity index (χ0) is 11.7. The molecular weight excluding hydrogens is 220 g/mol. The largest absolute Gasteiger partial charge is 0.478 e. The monoisotopic (exact) mass is 227 g/mol. The first-order chi connectivity index (χ1) is 7.58. The quantitative estimate of drug-likeness (QED) is 0.833. The van der Waals surface area contributed by atoms with Crippen LogP contribution in [0.2, 0.25) is 0 Å². The van der Waals surface area contributed by atoms with Gasteiger partial charge in [-0.25, -0.2) is 13.6 Å². The molecule has 0 amide bonds. The molecule has 1 aromatic rings. The lowest BCUT2D eigenvalue weighted by atomic mass is 10.0. The molecule has 0 spiro atoms. The van der Waals surface area contributed by atoms with Crippen molar-refractivity contribution in [1.82, 2.24) is 0 Å². The third-order valence-electron chi connectivity index (χ3n) is 2.18. The molecule has 0 bridgehead atoms. The highest BCUT2D eigenvalue weighted by atomic mass is 19.1. The van der Waals surface area contributed by atoms with Crippen LogP contribution in [0.1, 0.15) is 12.0 Å². The molecule has 1 N–H and O–H groups in total. The zero-order valence-corrected chi connectivity index (χ0v) is 7.98. The second-order valence-electron chi connectivity index (χ2n) is 3.30. The van der Waals surface area contributed by atoms with E-state index in [-0.39, 0.29) is 17.7 Å². The van der Waals surface area contributed by atoms with Gasteiger partial charge in [-0.1, -0.05) is 5.16 Å². The van der Waals surface area contributed by atoms with Gasteiger partial charge in [0, 0.05) is 12.0 Å². The summed E-state index contributed by atoms with van der Waals surface area (Å²) in [6, 6.07) is 2.90. The first kappa shape index (κ1) is 10.5. The first-order valence-electron chi connectivity index (χ1n) is 4.49. The topological polar surface area (TPSA) is 58.9 Å². The number of nitrogens with zero attached hydrogens (tertiary/aromatic N) is 1. The van der Waals surface area contributed by atoms with Gasteiger partial charge in [0.25, 0.3) is 0 Å². The molecule has 16 heavy (non-hydrogen) atoms. The van der Waals surface area contributed by atoms with Gasteiger partial charge in [-0.2, -0.15) is 0 Å². The molecule has 1 heterocycles. The Balaban J connectivity index is 2.27. The number of rotatable bonds is 2. The minimum Gasteiger partial charge on any atom is -0.478 e. The van der Waals surface area contributed by atoms with Gasteiger partial charge < -0.3 is 9.94 Å². The Morgan fingerprint density at radius 3 is 2.88 bits per heavy atom. The van der Waals surface area contributed by atoms with Crippen molar-refractivity contribution in [1.29, 1.82) is 0 Å². The lowest BCUT2D eigenvalue weighted by Crippen LogP contribution is -2.20. The van der Waals surface area contributed by atoms with Crippen molar-refractivity contribution in [2.45, 2.75) is 12.5 Å². The second kappa shape index (κ2) is 3.88. The third kappa shape index (κ3) is 1.86. The number of benzene rings is 1. The summed E-state index contributed by atoms with van der Waals surface area (Å²) in [4.78, 5) is 15.1. The van der Waals surface area contributed by atoms with E-state index in [0.717, 1.165) is 18.2 Å². The average molecular weight is 227 g/mol. The Morgan fingerprint density at radius 2 is 2.25 bits per heavy atom. The molecule has 1 aliphatic heterocycles. The van der Waals surface area contributed by atoms with Gasteiger partial charge in [0.15, 0.2) is 0 Å². The van der Waals surface area contributed by atoms with E-state index in [2.05, 4.69) is 9.99 Å². The number of aliphatic carboxylic acids is 1. The Kier molecular flexibility index (Phi) is 2.55. The predicted molar refractivity (Wildman–Crippen MR) is 50.0 cm³/mol. The SMILES string of the molecule is O=C(O)C1CC(c2cc(F)ccc2F)=NO1. The molecule has 2 rings (SSSR count). The summed E-state index contributed by atoms with van der Waals surface area (Å²) in [6.45, 7) is 0. The lowest BCUT2D eigenvalue weighted by molar-refractivity contribution is -0.148. The van der Waals surface area contributed by atoms with E-state index in [1.807, 2.05) is 0 Å². The Labute approximate surface area is 89.1 Å². The molecular formula is C10H7F2NO3. The van der Waals surface area contributed by atoms with Crippen LogP contribution in [0.3, 0.4) is 0 Å². The molecule has 0 radical (unpaired) electrons. The van der Waals surface area contributed by atoms with Crippen LogP contribution >= 0.6 is 0 Å². The van der Waals surface area contributed by atoms with Crippen LogP contribution in [-0.2, 0) is 9.63 Å². The van der Waals surface area contributed by atoms with Crippen molar-refractivity contribution in [3.63, 3.8) is 0 Å². The van der Waals surface area contributed by atoms with Crippen LogP contribution in [0.25, 0.3) is 0 Å². The van der Waals surface area contributed by atoms with E-state index < -0.39 is 23.7 Å². The van der Waals surface area contributed by atoms with Crippen molar-refractivity contribution in [2.75, 3.05) is 0 Å². The molecule has 1 aromatic carbocycles. The average Bonchev–Trinajstić information content (AvgIpc) is 2.70. The van der Waals surface area contributed by atoms with Crippen LogP contribution in [0, 0.1) is 11.6 Å². The number of oxime groups is 1. The van der Waals surface area contributed by atoms with Gasteiger partial charge in [0.1, 0.15) is 11.6 Å². The van der Waals surface area contributed by atoms with E-state index in [0.29, 0.717) is 0 Å². The van der Waals surface area contributed by atoms with Crippen molar-refractivity contribution in [2.24, 2.45) is 5.16 Å². The molecule has 0 aliphatic carbocycles. The molecule has 1 unspecified atom stereocenters. The van der Waals surface area contributed by atoms with E-state index in [4.69, 9.17) is 5.11 Å². The molecule has 0 saturated carbocycles. The number of halogens is 2. The smallest absolute Gasteiger partial charge is 0.348 e. The van der Waals surface area contributed by atoms with Gasteiger partial charge in [-0.3, -0.25) is 0 Å². The van der Waals surface area contributed by atoms with Crippen molar-refractivity contribution in [3.8, 4) is 0 Å². The first-order valence-corrected chi connectivity index (χ1v) is 4.49. The molecule has 0 saturated heterocycles. The maximum atomic E-state index is 13.3. The highest BCUT2D eigenvalue weighted by Gasteiger charge is 2.29. The minimum atomic E-state index is -1.18. The van der Waals surface area contributed by atoms with Crippen molar-refractivity contribution >= 4 is 11.7 Å². The highest BCUT2D eigenvalue weighted by molar-refractivity contribution is 6.03. The maximum absolute atomic E-state index is 13.3. The number of carboxylic acids is 1. The Bertz CT molecular complexity index is 473.